The van der Waals surface area contributed by atoms with Crippen molar-refractivity contribution in [3.63, 3.8) is 0 Å². The van der Waals surface area contributed by atoms with Crippen LogP contribution in [0.3, 0.4) is 0 Å². The van der Waals surface area contributed by atoms with Gasteiger partial charge >= 0.3 is 0 Å². The predicted molar refractivity (Wildman–Crippen MR) is 98.3 cm³/mol. The van der Waals surface area contributed by atoms with Crippen LogP contribution in [0.1, 0.15) is 15.2 Å². The van der Waals surface area contributed by atoms with Crippen LogP contribution < -0.4 is 5.32 Å². The molecule has 0 bridgehead atoms. The van der Waals surface area contributed by atoms with E-state index in [9.17, 15) is 19.3 Å². The molecule has 3 aromatic rings. The topological polar surface area (TPSA) is 85.1 Å². The van der Waals surface area contributed by atoms with Crippen LogP contribution in [0.4, 0.5) is 15.2 Å². The Morgan fingerprint density at radius 3 is 2.62 bits per heavy atom. The molecule has 1 heterocycles. The molecule has 9 heteroatoms. The number of hydrogen-bond acceptors (Lipinski definition) is 5. The largest absolute Gasteiger partial charge is 0.298 e. The second-order valence-electron chi connectivity index (χ2n) is 5.30. The number of halogens is 2. The van der Waals surface area contributed by atoms with Gasteiger partial charge in [0.05, 0.1) is 10.6 Å². The fourth-order valence-corrected chi connectivity index (χ4v) is 3.34. The van der Waals surface area contributed by atoms with E-state index >= 15 is 0 Å². The highest BCUT2D eigenvalue weighted by Crippen LogP contribution is 2.31. The lowest BCUT2D eigenvalue weighted by molar-refractivity contribution is -0.385. The number of nitro groups is 1. The molecule has 3 rings (SSSR count). The number of benzene rings is 2. The van der Waals surface area contributed by atoms with Crippen molar-refractivity contribution in [1.82, 2.24) is 4.98 Å². The van der Waals surface area contributed by atoms with Gasteiger partial charge in [-0.05, 0) is 43.3 Å². The van der Waals surface area contributed by atoms with Crippen molar-refractivity contribution in [2.45, 2.75) is 6.92 Å². The van der Waals surface area contributed by atoms with Crippen LogP contribution in [-0.4, -0.2) is 15.8 Å². The third-order valence-electron chi connectivity index (χ3n) is 3.53. The highest BCUT2D eigenvalue weighted by Gasteiger charge is 2.22. The number of nitrogens with one attached hydrogen (secondary N) is 1. The van der Waals surface area contributed by atoms with E-state index < -0.39 is 10.8 Å². The van der Waals surface area contributed by atoms with E-state index in [0.717, 1.165) is 4.88 Å². The Morgan fingerprint density at radius 2 is 1.96 bits per heavy atom. The molecule has 1 aromatic heterocycles. The fourth-order valence-electron chi connectivity index (χ4n) is 2.34. The van der Waals surface area contributed by atoms with Gasteiger partial charge in [0.1, 0.15) is 11.4 Å². The number of aryl methyl sites for hydroxylation is 1. The van der Waals surface area contributed by atoms with Crippen LogP contribution >= 0.6 is 22.9 Å². The van der Waals surface area contributed by atoms with Crippen molar-refractivity contribution < 1.29 is 14.1 Å². The molecule has 0 radical (unpaired) electrons. The zero-order valence-electron chi connectivity index (χ0n) is 13.3. The summed E-state index contributed by atoms with van der Waals surface area (Å²) in [7, 11) is 0. The summed E-state index contributed by atoms with van der Waals surface area (Å²) >= 11 is 7.06. The minimum Gasteiger partial charge on any atom is -0.298 e. The molecule has 1 N–H and O–H groups in total. The van der Waals surface area contributed by atoms with Gasteiger partial charge in [-0.2, -0.15) is 0 Å². The number of nitrogens with zero attached hydrogens (tertiary/aromatic N) is 2. The maximum atomic E-state index is 13.1. The van der Waals surface area contributed by atoms with E-state index in [1.807, 2.05) is 6.92 Å². The third-order valence-corrected chi connectivity index (χ3v) is 4.66. The predicted octanol–water partition coefficient (Wildman–Crippen LogP) is 5.07. The maximum Gasteiger partial charge on any atom is 0.282 e. The zero-order valence-corrected chi connectivity index (χ0v) is 14.9. The molecule has 2 aromatic carbocycles. The second kappa shape index (κ2) is 7.19. The van der Waals surface area contributed by atoms with Gasteiger partial charge in [0, 0.05) is 21.5 Å². The Hall–Kier alpha value is -2.84. The summed E-state index contributed by atoms with van der Waals surface area (Å²) < 4.78 is 13.1. The molecule has 0 saturated heterocycles. The number of amides is 1. The first-order chi connectivity index (χ1) is 12.3. The number of carbonyl (C=O) groups is 1. The molecule has 26 heavy (non-hydrogen) atoms. The van der Waals surface area contributed by atoms with Gasteiger partial charge in [0.15, 0.2) is 5.13 Å². The summed E-state index contributed by atoms with van der Waals surface area (Å²) in [6, 6.07) is 9.57. The molecule has 0 saturated carbocycles. The first-order valence-corrected chi connectivity index (χ1v) is 8.53. The quantitative estimate of drug-likeness (QED) is 0.497. The molecule has 132 valence electrons. The molecule has 0 aliphatic heterocycles. The summed E-state index contributed by atoms with van der Waals surface area (Å²) in [6.07, 6.45) is 0. The summed E-state index contributed by atoms with van der Waals surface area (Å²) in [5, 5.41) is 14.1. The van der Waals surface area contributed by atoms with Crippen LogP contribution in [0.25, 0.3) is 11.3 Å². The number of aromatic nitrogens is 1. The van der Waals surface area contributed by atoms with Gasteiger partial charge in [-0.25, -0.2) is 9.37 Å². The molecule has 0 unspecified atom stereocenters. The van der Waals surface area contributed by atoms with Crippen LogP contribution in [0.2, 0.25) is 5.02 Å². The minimum absolute atomic E-state index is 0.154. The van der Waals surface area contributed by atoms with Gasteiger partial charge in [-0.3, -0.25) is 20.2 Å². The highest BCUT2D eigenvalue weighted by atomic mass is 35.5. The first kappa shape index (κ1) is 18.0. The van der Waals surface area contributed by atoms with E-state index in [2.05, 4.69) is 10.3 Å². The first-order valence-electron chi connectivity index (χ1n) is 7.34. The Labute approximate surface area is 156 Å². The SMILES string of the molecule is Cc1sc(NC(=O)c2cc(Cl)ccc2[N+](=O)[O-])nc1-c1ccc(F)cc1. The lowest BCUT2D eigenvalue weighted by Gasteiger charge is -2.03. The monoisotopic (exact) mass is 391 g/mol. The van der Waals surface area contributed by atoms with E-state index in [0.29, 0.717) is 11.3 Å². The van der Waals surface area contributed by atoms with Crippen LogP contribution in [-0.2, 0) is 0 Å². The normalized spacial score (nSPS) is 10.6. The van der Waals surface area contributed by atoms with E-state index in [4.69, 9.17) is 11.6 Å². The molecule has 0 spiro atoms. The lowest BCUT2D eigenvalue weighted by Crippen LogP contribution is -2.13. The van der Waals surface area contributed by atoms with Crippen LogP contribution in [0.15, 0.2) is 42.5 Å². The van der Waals surface area contributed by atoms with Crippen molar-refractivity contribution in [1.29, 1.82) is 0 Å². The van der Waals surface area contributed by atoms with Gasteiger partial charge in [-0.1, -0.05) is 11.6 Å². The lowest BCUT2D eigenvalue weighted by atomic mass is 10.1. The van der Waals surface area contributed by atoms with Crippen LogP contribution in [0, 0.1) is 22.9 Å². The van der Waals surface area contributed by atoms with Gasteiger partial charge in [-0.15, -0.1) is 11.3 Å². The Bertz CT molecular complexity index is 1000. The summed E-state index contributed by atoms with van der Waals surface area (Å²) in [6.45, 7) is 1.81. The second-order valence-corrected chi connectivity index (χ2v) is 6.94. The average molecular weight is 392 g/mol. The average Bonchev–Trinajstić information content (AvgIpc) is 2.95. The third kappa shape index (κ3) is 3.71. The van der Waals surface area contributed by atoms with Gasteiger partial charge in [0.2, 0.25) is 0 Å². The van der Waals surface area contributed by atoms with E-state index in [-0.39, 0.29) is 27.2 Å². The number of carbonyl (C=O) groups excluding carboxylic acids is 1. The Kier molecular flexibility index (Phi) is 4.97. The van der Waals surface area contributed by atoms with Crippen LogP contribution in [0.5, 0.6) is 0 Å². The molecular formula is C17H11ClFN3O3S. The van der Waals surface area contributed by atoms with Crippen molar-refractivity contribution >= 4 is 39.7 Å². The smallest absolute Gasteiger partial charge is 0.282 e. The Balaban J connectivity index is 1.90. The minimum atomic E-state index is -0.682. The molecule has 1 amide bonds. The molecule has 0 aliphatic carbocycles. The highest BCUT2D eigenvalue weighted by molar-refractivity contribution is 7.16. The fraction of sp³-hybridized carbons (Fsp3) is 0.0588. The molecular weight excluding hydrogens is 381 g/mol. The van der Waals surface area contributed by atoms with Crippen molar-refractivity contribution in [2.75, 3.05) is 5.32 Å². The van der Waals surface area contributed by atoms with Gasteiger partial charge in [0.25, 0.3) is 11.6 Å². The number of nitro benzene ring substituents is 1. The summed E-state index contributed by atoms with van der Waals surface area (Å²) in [4.78, 5) is 28.0. The van der Waals surface area contributed by atoms with Gasteiger partial charge < -0.3 is 0 Å². The van der Waals surface area contributed by atoms with Crippen molar-refractivity contribution in [3.8, 4) is 11.3 Å². The standard InChI is InChI=1S/C17H11ClFN3O3S/c1-9-15(10-2-5-12(19)6-3-10)20-17(26-9)21-16(23)13-8-11(18)4-7-14(13)22(24)25/h2-8H,1H3,(H,20,21,23). The summed E-state index contributed by atoms with van der Waals surface area (Å²) in [5.41, 5.74) is 0.804. The van der Waals surface area contributed by atoms with E-state index in [1.165, 1.54) is 41.7 Å². The van der Waals surface area contributed by atoms with E-state index in [1.54, 1.807) is 12.1 Å². The molecule has 0 aliphatic rings. The number of anilines is 1. The number of rotatable bonds is 4. The molecule has 0 atom stereocenters. The maximum absolute atomic E-state index is 13.1. The number of thiazole rings is 1. The zero-order chi connectivity index (χ0) is 18.8. The van der Waals surface area contributed by atoms with Crippen molar-refractivity contribution in [2.24, 2.45) is 0 Å². The summed E-state index contributed by atoms with van der Waals surface area (Å²) in [5.74, 6) is -1.04. The number of hydrogen-bond donors (Lipinski definition) is 1. The van der Waals surface area contributed by atoms with Crippen molar-refractivity contribution in [3.05, 3.63) is 73.9 Å². The Morgan fingerprint density at radius 1 is 1.27 bits per heavy atom. The molecule has 0 fully saturated rings. The molecule has 6 nitrogen and oxygen atoms in total.